The molecule has 7 heteroatoms. The molecule has 21 heavy (non-hydrogen) atoms. The summed E-state index contributed by atoms with van der Waals surface area (Å²) in [4.78, 5) is 23.5. The molecule has 0 spiro atoms. The Hall–Kier alpha value is -1.47. The van der Waals surface area contributed by atoms with Crippen LogP contribution < -0.4 is 5.32 Å². The highest BCUT2D eigenvalue weighted by atomic mass is 79.9. The SMILES string of the molecule is O=C(NC(C(=O)O)C1CCCOC1)c1cc(F)ccc1Br. The van der Waals surface area contributed by atoms with Crippen molar-refractivity contribution in [2.75, 3.05) is 13.2 Å². The van der Waals surface area contributed by atoms with E-state index in [9.17, 15) is 19.1 Å². The molecule has 1 aromatic rings. The van der Waals surface area contributed by atoms with Crippen molar-refractivity contribution < 1.29 is 23.8 Å². The summed E-state index contributed by atoms with van der Waals surface area (Å²) in [5.74, 6) is -2.59. The van der Waals surface area contributed by atoms with E-state index < -0.39 is 23.7 Å². The zero-order valence-electron chi connectivity index (χ0n) is 11.1. The number of benzene rings is 1. The number of nitrogens with one attached hydrogen (secondary N) is 1. The molecule has 1 saturated heterocycles. The lowest BCUT2D eigenvalue weighted by molar-refractivity contribution is -0.142. The highest BCUT2D eigenvalue weighted by Gasteiger charge is 2.32. The number of carboxylic acids is 1. The van der Waals surface area contributed by atoms with Crippen LogP contribution >= 0.6 is 15.9 Å². The summed E-state index contributed by atoms with van der Waals surface area (Å²) in [6, 6.07) is 2.64. The lowest BCUT2D eigenvalue weighted by atomic mass is 9.93. The quantitative estimate of drug-likeness (QED) is 0.863. The molecule has 0 bridgehead atoms. The maximum Gasteiger partial charge on any atom is 0.326 e. The van der Waals surface area contributed by atoms with Gasteiger partial charge in [0.1, 0.15) is 11.9 Å². The molecular weight excluding hydrogens is 345 g/mol. The summed E-state index contributed by atoms with van der Waals surface area (Å²) < 4.78 is 18.9. The van der Waals surface area contributed by atoms with Crippen molar-refractivity contribution >= 4 is 27.8 Å². The van der Waals surface area contributed by atoms with E-state index in [2.05, 4.69) is 21.2 Å². The van der Waals surface area contributed by atoms with Crippen molar-refractivity contribution in [2.24, 2.45) is 5.92 Å². The van der Waals surface area contributed by atoms with Crippen LogP contribution in [0.2, 0.25) is 0 Å². The topological polar surface area (TPSA) is 75.6 Å². The van der Waals surface area contributed by atoms with E-state index in [0.717, 1.165) is 12.5 Å². The molecule has 0 aliphatic carbocycles. The predicted molar refractivity (Wildman–Crippen MR) is 76.5 cm³/mol. The van der Waals surface area contributed by atoms with Crippen LogP contribution in [-0.4, -0.2) is 36.2 Å². The predicted octanol–water partition coefficient (Wildman–Crippen LogP) is 2.20. The van der Waals surface area contributed by atoms with E-state index in [4.69, 9.17) is 4.74 Å². The number of amides is 1. The Bertz CT molecular complexity index is 546. The Morgan fingerprint density at radius 2 is 2.24 bits per heavy atom. The molecule has 5 nitrogen and oxygen atoms in total. The van der Waals surface area contributed by atoms with Gasteiger partial charge in [-0.15, -0.1) is 0 Å². The number of rotatable bonds is 4. The standard InChI is InChI=1S/C14H15BrFNO4/c15-11-4-3-9(16)6-10(11)13(18)17-12(14(19)20)8-2-1-5-21-7-8/h3-4,6,8,12H,1-2,5,7H2,(H,17,18)(H,19,20). The number of carboxylic acid groups (broad SMARTS) is 1. The number of carbonyl (C=O) groups is 2. The number of hydrogen-bond acceptors (Lipinski definition) is 3. The molecule has 2 N–H and O–H groups in total. The van der Waals surface area contributed by atoms with Gasteiger partial charge in [-0.1, -0.05) is 0 Å². The molecule has 2 atom stereocenters. The van der Waals surface area contributed by atoms with Crippen LogP contribution in [0.25, 0.3) is 0 Å². The molecule has 114 valence electrons. The molecule has 1 aliphatic rings. The molecule has 0 radical (unpaired) electrons. The fourth-order valence-corrected chi connectivity index (χ4v) is 2.73. The molecular formula is C14H15BrFNO4. The number of halogens is 2. The van der Waals surface area contributed by atoms with Crippen LogP contribution in [0, 0.1) is 11.7 Å². The highest BCUT2D eigenvalue weighted by Crippen LogP contribution is 2.21. The highest BCUT2D eigenvalue weighted by molar-refractivity contribution is 9.10. The van der Waals surface area contributed by atoms with E-state index >= 15 is 0 Å². The molecule has 1 heterocycles. The monoisotopic (exact) mass is 359 g/mol. The lowest BCUT2D eigenvalue weighted by Crippen LogP contribution is -2.48. The second-order valence-corrected chi connectivity index (χ2v) is 5.75. The maximum atomic E-state index is 13.2. The largest absolute Gasteiger partial charge is 0.480 e. The first-order chi connectivity index (χ1) is 9.99. The van der Waals surface area contributed by atoms with Crippen LogP contribution in [0.4, 0.5) is 4.39 Å². The van der Waals surface area contributed by atoms with E-state index in [1.165, 1.54) is 12.1 Å². The first kappa shape index (κ1) is 15.9. The summed E-state index contributed by atoms with van der Waals surface area (Å²) in [7, 11) is 0. The average molecular weight is 360 g/mol. The van der Waals surface area contributed by atoms with Crippen LogP contribution in [0.15, 0.2) is 22.7 Å². The Morgan fingerprint density at radius 1 is 1.48 bits per heavy atom. The van der Waals surface area contributed by atoms with Gasteiger partial charge in [0.2, 0.25) is 0 Å². The molecule has 1 aromatic carbocycles. The van der Waals surface area contributed by atoms with Gasteiger partial charge in [0.05, 0.1) is 12.2 Å². The normalized spacial score (nSPS) is 19.8. The second kappa shape index (κ2) is 7.00. The molecule has 1 amide bonds. The van der Waals surface area contributed by atoms with Crippen molar-refractivity contribution in [3.8, 4) is 0 Å². The zero-order valence-corrected chi connectivity index (χ0v) is 12.7. The van der Waals surface area contributed by atoms with Crippen molar-refractivity contribution in [3.63, 3.8) is 0 Å². The van der Waals surface area contributed by atoms with E-state index in [1.807, 2.05) is 0 Å². The van der Waals surface area contributed by atoms with E-state index in [1.54, 1.807) is 0 Å². The number of ether oxygens (including phenoxy) is 1. The molecule has 1 fully saturated rings. The molecule has 0 aromatic heterocycles. The van der Waals surface area contributed by atoms with Crippen LogP contribution in [0.1, 0.15) is 23.2 Å². The Kier molecular flexibility index (Phi) is 5.30. The number of hydrogen-bond donors (Lipinski definition) is 2. The Balaban J connectivity index is 2.14. The van der Waals surface area contributed by atoms with Crippen molar-refractivity contribution in [1.29, 1.82) is 0 Å². The molecule has 1 aliphatic heterocycles. The minimum absolute atomic E-state index is 0.0676. The van der Waals surface area contributed by atoms with Gasteiger partial charge in [-0.05, 0) is 47.0 Å². The average Bonchev–Trinajstić information content (AvgIpc) is 2.47. The smallest absolute Gasteiger partial charge is 0.326 e. The fourth-order valence-electron chi connectivity index (χ4n) is 2.30. The summed E-state index contributed by atoms with van der Waals surface area (Å²) in [6.45, 7) is 0.897. The molecule has 2 unspecified atom stereocenters. The first-order valence-electron chi connectivity index (χ1n) is 6.55. The summed E-state index contributed by atoms with van der Waals surface area (Å²) in [6.07, 6.45) is 1.43. The van der Waals surface area contributed by atoms with E-state index in [0.29, 0.717) is 24.1 Å². The van der Waals surface area contributed by atoms with Crippen molar-refractivity contribution in [3.05, 3.63) is 34.1 Å². The van der Waals surface area contributed by atoms with E-state index in [-0.39, 0.29) is 11.5 Å². The molecule has 0 saturated carbocycles. The van der Waals surface area contributed by atoms with Crippen LogP contribution in [0.3, 0.4) is 0 Å². The Labute approximate surface area is 129 Å². The van der Waals surface area contributed by atoms with Gasteiger partial charge in [-0.25, -0.2) is 9.18 Å². The van der Waals surface area contributed by atoms with Gasteiger partial charge in [-0.2, -0.15) is 0 Å². The third kappa shape index (κ3) is 4.01. The Morgan fingerprint density at radius 3 is 2.86 bits per heavy atom. The lowest BCUT2D eigenvalue weighted by Gasteiger charge is -2.28. The van der Waals surface area contributed by atoms with Crippen molar-refractivity contribution in [2.45, 2.75) is 18.9 Å². The summed E-state index contributed by atoms with van der Waals surface area (Å²) in [5, 5.41) is 11.7. The fraction of sp³-hybridized carbons (Fsp3) is 0.429. The van der Waals surface area contributed by atoms with Gasteiger partial charge in [-0.3, -0.25) is 4.79 Å². The first-order valence-corrected chi connectivity index (χ1v) is 7.35. The summed E-state index contributed by atoms with van der Waals surface area (Å²) >= 11 is 3.15. The second-order valence-electron chi connectivity index (χ2n) is 4.89. The number of carbonyl (C=O) groups excluding carboxylic acids is 1. The van der Waals surface area contributed by atoms with Gasteiger partial charge in [0.15, 0.2) is 0 Å². The third-order valence-corrected chi connectivity index (χ3v) is 4.08. The molecule has 2 rings (SSSR count). The third-order valence-electron chi connectivity index (χ3n) is 3.39. The maximum absolute atomic E-state index is 13.2. The van der Waals surface area contributed by atoms with Gasteiger partial charge >= 0.3 is 5.97 Å². The minimum atomic E-state index is -1.12. The van der Waals surface area contributed by atoms with Gasteiger partial charge in [0, 0.05) is 17.0 Å². The van der Waals surface area contributed by atoms with Gasteiger partial charge < -0.3 is 15.2 Å². The van der Waals surface area contributed by atoms with Crippen molar-refractivity contribution in [1.82, 2.24) is 5.32 Å². The van der Waals surface area contributed by atoms with Gasteiger partial charge in [0.25, 0.3) is 5.91 Å². The minimum Gasteiger partial charge on any atom is -0.480 e. The zero-order chi connectivity index (χ0) is 15.4. The van der Waals surface area contributed by atoms with Crippen LogP contribution in [-0.2, 0) is 9.53 Å². The van der Waals surface area contributed by atoms with Crippen LogP contribution in [0.5, 0.6) is 0 Å². The number of aliphatic carboxylic acids is 1. The summed E-state index contributed by atoms with van der Waals surface area (Å²) in [5.41, 5.74) is 0.0676.